The summed E-state index contributed by atoms with van der Waals surface area (Å²) in [5.41, 5.74) is 3.12. The van der Waals surface area contributed by atoms with Gasteiger partial charge in [0.2, 0.25) is 0 Å². The fourth-order valence-corrected chi connectivity index (χ4v) is 4.21. The number of thioether (sulfide) groups is 1. The number of aryl methyl sites for hydroxylation is 3. The Bertz CT molecular complexity index is 1520. The van der Waals surface area contributed by atoms with Crippen molar-refractivity contribution in [1.82, 2.24) is 24.5 Å². The molecule has 4 rings (SSSR count). The first-order chi connectivity index (χ1) is 16.8. The molecule has 0 aliphatic heterocycles. The zero-order valence-electron chi connectivity index (χ0n) is 18.6. The highest BCUT2D eigenvalue weighted by Gasteiger charge is 2.18. The number of H-pyrrole nitrogens is 1. The molecule has 2 aromatic heterocycles. The van der Waals surface area contributed by atoms with Crippen LogP contribution >= 0.6 is 11.8 Å². The van der Waals surface area contributed by atoms with Crippen LogP contribution < -0.4 is 16.7 Å². The lowest BCUT2D eigenvalue weighted by molar-refractivity contribution is -0.118. The van der Waals surface area contributed by atoms with Gasteiger partial charge in [-0.1, -0.05) is 42.1 Å². The van der Waals surface area contributed by atoms with E-state index in [9.17, 15) is 24.6 Å². The molecule has 0 unspecified atom stereocenters. The van der Waals surface area contributed by atoms with Crippen LogP contribution in [-0.4, -0.2) is 47.2 Å². The van der Waals surface area contributed by atoms with Gasteiger partial charge in [-0.25, -0.2) is 15.2 Å². The maximum Gasteiger partial charge on any atom is 0.329 e. The van der Waals surface area contributed by atoms with E-state index in [4.69, 9.17) is 0 Å². The van der Waals surface area contributed by atoms with E-state index in [1.807, 2.05) is 30.3 Å². The van der Waals surface area contributed by atoms with E-state index in [-0.39, 0.29) is 28.4 Å². The zero-order valence-corrected chi connectivity index (χ0v) is 19.5. The molecule has 0 spiro atoms. The van der Waals surface area contributed by atoms with Crippen LogP contribution in [0.5, 0.6) is 11.5 Å². The van der Waals surface area contributed by atoms with Crippen molar-refractivity contribution in [3.8, 4) is 11.5 Å². The quantitative estimate of drug-likeness (QED) is 0.164. The molecule has 180 valence electrons. The predicted octanol–water partition coefficient (Wildman–Crippen LogP) is 1.32. The fourth-order valence-electron chi connectivity index (χ4n) is 3.40. The maximum atomic E-state index is 12.6. The fraction of sp³-hybridized carbons (Fsp3) is 0.174. The summed E-state index contributed by atoms with van der Waals surface area (Å²) in [5.74, 6) is -0.764. The molecular formula is C23H22N6O5S. The third-order valence-electron chi connectivity index (χ3n) is 5.18. The van der Waals surface area contributed by atoms with Gasteiger partial charge in [-0.2, -0.15) is 5.10 Å². The van der Waals surface area contributed by atoms with Crippen molar-refractivity contribution >= 4 is 35.0 Å². The summed E-state index contributed by atoms with van der Waals surface area (Å²) in [4.78, 5) is 43.7. The highest BCUT2D eigenvalue weighted by molar-refractivity contribution is 7.99. The van der Waals surface area contributed by atoms with Gasteiger partial charge in [-0.05, 0) is 24.1 Å². The number of hydrogen-bond acceptors (Lipinski definition) is 8. The van der Waals surface area contributed by atoms with Crippen LogP contribution in [-0.2, 0) is 24.8 Å². The number of imidazole rings is 1. The summed E-state index contributed by atoms with van der Waals surface area (Å²) >= 11 is 1.11. The lowest BCUT2D eigenvalue weighted by atomic mass is 10.1. The van der Waals surface area contributed by atoms with Crippen molar-refractivity contribution in [2.75, 3.05) is 5.75 Å². The molecule has 2 heterocycles. The molecule has 0 saturated carbocycles. The number of aromatic amines is 1. The summed E-state index contributed by atoms with van der Waals surface area (Å²) < 4.78 is 2.96. The highest BCUT2D eigenvalue weighted by atomic mass is 32.2. The summed E-state index contributed by atoms with van der Waals surface area (Å²) in [6.07, 6.45) is 1.87. The Labute approximate surface area is 202 Å². The van der Waals surface area contributed by atoms with Gasteiger partial charge in [0.05, 0.1) is 12.0 Å². The number of carbonyl (C=O) groups excluding carboxylic acids is 1. The summed E-state index contributed by atoms with van der Waals surface area (Å²) in [7, 11) is 1.52. The van der Waals surface area contributed by atoms with Crippen molar-refractivity contribution in [1.29, 1.82) is 0 Å². The number of nitrogens with one attached hydrogen (secondary N) is 2. The molecule has 0 bridgehead atoms. The molecule has 12 heteroatoms. The molecule has 0 aliphatic rings. The molecule has 0 fully saturated rings. The van der Waals surface area contributed by atoms with E-state index in [0.717, 1.165) is 23.4 Å². The number of hydrazone groups is 1. The Morgan fingerprint density at radius 1 is 1.20 bits per heavy atom. The summed E-state index contributed by atoms with van der Waals surface area (Å²) in [5, 5.41) is 23.3. The lowest BCUT2D eigenvalue weighted by Crippen LogP contribution is -2.29. The second-order valence-corrected chi connectivity index (χ2v) is 8.54. The van der Waals surface area contributed by atoms with Crippen LogP contribution in [0.3, 0.4) is 0 Å². The number of amides is 1. The van der Waals surface area contributed by atoms with Crippen molar-refractivity contribution in [3.63, 3.8) is 0 Å². The second-order valence-electron chi connectivity index (χ2n) is 7.60. The number of aromatic nitrogens is 4. The minimum absolute atomic E-state index is 0.0561. The molecule has 2 aromatic carbocycles. The van der Waals surface area contributed by atoms with Crippen LogP contribution in [0.1, 0.15) is 11.1 Å². The van der Waals surface area contributed by atoms with Crippen LogP contribution in [0.15, 0.2) is 68.4 Å². The molecule has 0 atom stereocenters. The molecule has 1 amide bonds. The SMILES string of the molecule is Cn1c(=O)[nH]c(=O)c2c1nc(SCC(=O)NN=Cc1ccc(O)cc1O)n2CCc1ccccc1. The van der Waals surface area contributed by atoms with E-state index >= 15 is 0 Å². The number of fused-ring (bicyclic) bond motifs is 1. The monoisotopic (exact) mass is 494 g/mol. The first-order valence-electron chi connectivity index (χ1n) is 10.5. The largest absolute Gasteiger partial charge is 0.508 e. The number of aromatic hydroxyl groups is 2. The van der Waals surface area contributed by atoms with Gasteiger partial charge in [-0.3, -0.25) is 19.1 Å². The third kappa shape index (κ3) is 5.44. The summed E-state index contributed by atoms with van der Waals surface area (Å²) in [6.45, 7) is 0.421. The van der Waals surface area contributed by atoms with Gasteiger partial charge in [0.1, 0.15) is 11.5 Å². The third-order valence-corrected chi connectivity index (χ3v) is 6.15. The average Bonchev–Trinajstić information content (AvgIpc) is 3.21. The molecule has 4 N–H and O–H groups in total. The minimum atomic E-state index is -0.573. The van der Waals surface area contributed by atoms with Gasteiger partial charge < -0.3 is 14.8 Å². The first kappa shape index (κ1) is 23.8. The van der Waals surface area contributed by atoms with Crippen molar-refractivity contribution in [2.45, 2.75) is 18.1 Å². The second kappa shape index (κ2) is 10.3. The molecule has 0 aliphatic carbocycles. The van der Waals surface area contributed by atoms with E-state index in [0.29, 0.717) is 23.7 Å². The molecule has 4 aromatic rings. The van der Waals surface area contributed by atoms with Crippen molar-refractivity contribution < 1.29 is 15.0 Å². The van der Waals surface area contributed by atoms with Gasteiger partial charge in [0.25, 0.3) is 11.5 Å². The van der Waals surface area contributed by atoms with E-state index in [1.54, 1.807) is 4.57 Å². The van der Waals surface area contributed by atoms with E-state index in [2.05, 4.69) is 20.5 Å². The van der Waals surface area contributed by atoms with Gasteiger partial charge in [0.15, 0.2) is 16.3 Å². The Hall–Kier alpha value is -4.32. The number of benzene rings is 2. The molecule has 0 saturated heterocycles. The number of phenols is 2. The van der Waals surface area contributed by atoms with E-state index < -0.39 is 17.2 Å². The smallest absolute Gasteiger partial charge is 0.329 e. The predicted molar refractivity (Wildman–Crippen MR) is 132 cm³/mol. The number of hydrogen-bond donors (Lipinski definition) is 4. The highest BCUT2D eigenvalue weighted by Crippen LogP contribution is 2.23. The van der Waals surface area contributed by atoms with Gasteiger partial charge >= 0.3 is 5.69 Å². The average molecular weight is 495 g/mol. The van der Waals surface area contributed by atoms with Crippen LogP contribution in [0.2, 0.25) is 0 Å². The molecule has 0 radical (unpaired) electrons. The Morgan fingerprint density at radius 2 is 1.97 bits per heavy atom. The van der Waals surface area contributed by atoms with Gasteiger partial charge in [-0.15, -0.1) is 0 Å². The number of phenolic OH excluding ortho intramolecular Hbond substituents is 2. The zero-order chi connectivity index (χ0) is 24.9. The van der Waals surface area contributed by atoms with Gasteiger partial charge in [0, 0.05) is 25.2 Å². The lowest BCUT2D eigenvalue weighted by Gasteiger charge is -2.08. The van der Waals surface area contributed by atoms with E-state index in [1.165, 1.54) is 30.0 Å². The maximum absolute atomic E-state index is 12.6. The van der Waals surface area contributed by atoms with Crippen molar-refractivity contribution in [2.24, 2.45) is 12.1 Å². The topological polar surface area (TPSA) is 155 Å². The molecular weight excluding hydrogens is 472 g/mol. The Balaban J connectivity index is 1.52. The van der Waals surface area contributed by atoms with Crippen LogP contribution in [0, 0.1) is 0 Å². The van der Waals surface area contributed by atoms with Crippen molar-refractivity contribution in [3.05, 3.63) is 80.5 Å². The summed E-state index contributed by atoms with van der Waals surface area (Å²) in [6, 6.07) is 13.7. The normalized spacial score (nSPS) is 11.3. The number of nitrogens with zero attached hydrogens (tertiary/aromatic N) is 4. The van der Waals surface area contributed by atoms with Crippen LogP contribution in [0.4, 0.5) is 0 Å². The number of rotatable bonds is 8. The Kier molecular flexibility index (Phi) is 7.01. The first-order valence-corrected chi connectivity index (χ1v) is 11.5. The molecule has 11 nitrogen and oxygen atoms in total. The molecule has 35 heavy (non-hydrogen) atoms. The van der Waals surface area contributed by atoms with Crippen LogP contribution in [0.25, 0.3) is 11.2 Å². The minimum Gasteiger partial charge on any atom is -0.508 e. The number of carbonyl (C=O) groups is 1. The Morgan fingerprint density at radius 3 is 2.71 bits per heavy atom. The standard InChI is InChI=1S/C23H22N6O5S/c1-28-20-19(21(33)26-22(28)34)29(10-9-14-5-3-2-4-6-14)23(25-20)35-13-18(32)27-24-12-15-7-8-16(30)11-17(15)31/h2-8,11-12,30-31H,9-10,13H2,1H3,(H,27,32)(H,26,33,34).